The number of halogens is 5. The Balaban J connectivity index is 2.26. The molecule has 0 amide bonds. The van der Waals surface area contributed by atoms with E-state index in [1.807, 2.05) is 0 Å². The highest BCUT2D eigenvalue weighted by Crippen LogP contribution is 2.32. The Hall–Kier alpha value is -2.72. The second-order valence-corrected chi connectivity index (χ2v) is 8.86. The first kappa shape index (κ1) is 22.0. The highest BCUT2D eigenvalue weighted by Gasteiger charge is 2.30. The molecule has 11 heteroatoms. The Morgan fingerprint density at radius 3 is 2.20 bits per heavy atom. The minimum Gasteiger partial charge on any atom is -0.267 e. The van der Waals surface area contributed by atoms with Gasteiger partial charge in [0.15, 0.2) is 9.84 Å². The summed E-state index contributed by atoms with van der Waals surface area (Å²) in [6.45, 7) is -1.61. The van der Waals surface area contributed by atoms with Gasteiger partial charge in [-0.1, -0.05) is 29.8 Å². The summed E-state index contributed by atoms with van der Waals surface area (Å²) < 4.78 is 75.6. The van der Waals surface area contributed by atoms with Gasteiger partial charge in [-0.15, -0.1) is 0 Å². The van der Waals surface area contributed by atoms with Gasteiger partial charge in [0, 0.05) is 11.8 Å². The van der Waals surface area contributed by atoms with E-state index in [1.165, 1.54) is 30.3 Å². The van der Waals surface area contributed by atoms with Crippen LogP contribution >= 0.6 is 11.6 Å². The molecule has 0 aliphatic heterocycles. The largest absolute Gasteiger partial charge is 0.408 e. The lowest BCUT2D eigenvalue weighted by atomic mass is 9.97. The molecule has 0 atom stereocenters. The monoisotopic (exact) mass is 460 g/mol. The maximum absolute atomic E-state index is 13.6. The van der Waals surface area contributed by atoms with Crippen LogP contribution in [0.25, 0.3) is 22.3 Å². The quantitative estimate of drug-likeness (QED) is 0.543. The normalized spacial score (nSPS) is 12.2. The second kappa shape index (κ2) is 7.84. The van der Waals surface area contributed by atoms with Crippen molar-refractivity contribution in [2.45, 2.75) is 17.6 Å². The van der Waals surface area contributed by atoms with E-state index in [9.17, 15) is 30.8 Å². The maximum atomic E-state index is 13.6. The Morgan fingerprint density at radius 1 is 1.07 bits per heavy atom. The minimum atomic E-state index is -4.69. The topological polar surface area (TPSA) is 69.0 Å². The SMILES string of the molecule is CS(=O)(=O)c1ccc(-c2cnn(CC(F)(F)F)c(=O)c2-c2ccc(F)c(Cl)c2)cc1. The predicted octanol–water partition coefficient (Wildman–Crippen LogP) is 4.34. The van der Waals surface area contributed by atoms with Gasteiger partial charge >= 0.3 is 6.18 Å². The van der Waals surface area contributed by atoms with Crippen LogP contribution in [0.15, 0.2) is 58.4 Å². The van der Waals surface area contributed by atoms with E-state index in [2.05, 4.69) is 5.10 Å². The first-order valence-electron chi connectivity index (χ1n) is 8.29. The molecule has 2 aromatic carbocycles. The molecule has 0 aliphatic carbocycles. The Bertz CT molecular complexity index is 1270. The fourth-order valence-electron chi connectivity index (χ4n) is 2.80. The van der Waals surface area contributed by atoms with Gasteiger partial charge in [-0.25, -0.2) is 17.5 Å². The van der Waals surface area contributed by atoms with Crippen LogP contribution in [0.1, 0.15) is 0 Å². The van der Waals surface area contributed by atoms with Crippen molar-refractivity contribution < 1.29 is 26.0 Å². The molecule has 0 spiro atoms. The fraction of sp³-hybridized carbons (Fsp3) is 0.158. The van der Waals surface area contributed by atoms with Gasteiger partial charge in [0.2, 0.25) is 0 Å². The lowest BCUT2D eigenvalue weighted by molar-refractivity contribution is -0.143. The van der Waals surface area contributed by atoms with Crippen molar-refractivity contribution in [2.24, 2.45) is 0 Å². The average molecular weight is 461 g/mol. The summed E-state index contributed by atoms with van der Waals surface area (Å²) in [7, 11) is -3.48. The van der Waals surface area contributed by atoms with Crippen molar-refractivity contribution in [3.8, 4) is 22.3 Å². The van der Waals surface area contributed by atoms with Gasteiger partial charge in [-0.3, -0.25) is 4.79 Å². The van der Waals surface area contributed by atoms with Crippen molar-refractivity contribution >= 4 is 21.4 Å². The molecule has 0 saturated heterocycles. The van der Waals surface area contributed by atoms with Crippen LogP contribution in [-0.2, 0) is 16.4 Å². The minimum absolute atomic E-state index is 0.0241. The van der Waals surface area contributed by atoms with Crippen molar-refractivity contribution in [1.82, 2.24) is 9.78 Å². The summed E-state index contributed by atoms with van der Waals surface area (Å²) in [5, 5.41) is 3.28. The third-order valence-electron chi connectivity index (χ3n) is 4.17. The molecule has 0 N–H and O–H groups in total. The van der Waals surface area contributed by atoms with Crippen molar-refractivity contribution in [3.05, 3.63) is 69.9 Å². The summed E-state index contributed by atoms with van der Waals surface area (Å²) in [4.78, 5) is 12.9. The van der Waals surface area contributed by atoms with Crippen molar-refractivity contribution in [2.75, 3.05) is 6.26 Å². The molecule has 0 unspecified atom stereocenters. The highest BCUT2D eigenvalue weighted by atomic mass is 35.5. The number of rotatable bonds is 4. The van der Waals surface area contributed by atoms with E-state index in [1.54, 1.807) is 0 Å². The van der Waals surface area contributed by atoms with Crippen LogP contribution in [0, 0.1) is 5.82 Å². The van der Waals surface area contributed by atoms with Crippen LogP contribution in [0.3, 0.4) is 0 Å². The number of sulfone groups is 1. The summed E-state index contributed by atoms with van der Waals surface area (Å²) in [5.41, 5.74) is -0.669. The van der Waals surface area contributed by atoms with E-state index >= 15 is 0 Å². The van der Waals surface area contributed by atoms with E-state index in [4.69, 9.17) is 11.6 Å². The number of aromatic nitrogens is 2. The molecular weight excluding hydrogens is 448 g/mol. The number of hydrogen-bond donors (Lipinski definition) is 0. The molecule has 0 saturated carbocycles. The van der Waals surface area contributed by atoms with Gasteiger partial charge in [0.25, 0.3) is 5.56 Å². The number of hydrogen-bond acceptors (Lipinski definition) is 4. The van der Waals surface area contributed by atoms with Crippen molar-refractivity contribution in [3.63, 3.8) is 0 Å². The van der Waals surface area contributed by atoms with Crippen LogP contribution < -0.4 is 5.56 Å². The predicted molar refractivity (Wildman–Crippen MR) is 104 cm³/mol. The van der Waals surface area contributed by atoms with Gasteiger partial charge in [-0.2, -0.15) is 18.3 Å². The molecule has 3 rings (SSSR count). The van der Waals surface area contributed by atoms with Gasteiger partial charge in [0.1, 0.15) is 12.4 Å². The molecule has 3 aromatic rings. The number of alkyl halides is 3. The van der Waals surface area contributed by atoms with Gasteiger partial charge < -0.3 is 0 Å². The third-order valence-corrected chi connectivity index (χ3v) is 5.59. The number of nitrogens with zero attached hydrogens (tertiary/aromatic N) is 2. The zero-order valence-corrected chi connectivity index (χ0v) is 16.8. The summed E-state index contributed by atoms with van der Waals surface area (Å²) in [5.74, 6) is -0.760. The standard InChI is InChI=1S/C19H13ClF4N2O3S/c1-30(28,29)13-5-2-11(3-6-13)14-9-25-26(10-19(22,23)24)18(27)17(14)12-4-7-16(21)15(20)8-12/h2-9H,10H2,1H3. The van der Waals surface area contributed by atoms with E-state index in [0.29, 0.717) is 5.56 Å². The molecule has 0 radical (unpaired) electrons. The fourth-order valence-corrected chi connectivity index (χ4v) is 3.61. The molecule has 1 aromatic heterocycles. The van der Waals surface area contributed by atoms with Gasteiger partial charge in [-0.05, 0) is 35.4 Å². The molecule has 0 fully saturated rings. The second-order valence-electron chi connectivity index (χ2n) is 6.44. The summed E-state index contributed by atoms with van der Waals surface area (Å²) >= 11 is 5.79. The van der Waals surface area contributed by atoms with Crippen LogP contribution in [0.5, 0.6) is 0 Å². The molecule has 0 bridgehead atoms. The molecule has 1 heterocycles. The van der Waals surface area contributed by atoms with Crippen LogP contribution in [0.2, 0.25) is 5.02 Å². The molecule has 30 heavy (non-hydrogen) atoms. The van der Waals surface area contributed by atoms with Crippen LogP contribution in [0.4, 0.5) is 17.6 Å². The first-order valence-corrected chi connectivity index (χ1v) is 10.6. The molecule has 0 aliphatic rings. The maximum Gasteiger partial charge on any atom is 0.408 e. The van der Waals surface area contributed by atoms with E-state index < -0.39 is 33.9 Å². The molecular formula is C19H13ClF4N2O3S. The number of benzene rings is 2. The Kier molecular flexibility index (Phi) is 5.74. The lowest BCUT2D eigenvalue weighted by Crippen LogP contribution is -2.31. The zero-order chi connectivity index (χ0) is 22.3. The Morgan fingerprint density at radius 2 is 1.67 bits per heavy atom. The Labute approximate surface area is 173 Å². The van der Waals surface area contributed by atoms with E-state index in [-0.39, 0.29) is 31.3 Å². The smallest absolute Gasteiger partial charge is 0.267 e. The average Bonchev–Trinajstić information content (AvgIpc) is 2.64. The van der Waals surface area contributed by atoms with Gasteiger partial charge in [0.05, 0.1) is 21.7 Å². The lowest BCUT2D eigenvalue weighted by Gasteiger charge is -2.14. The third kappa shape index (κ3) is 4.71. The molecule has 5 nitrogen and oxygen atoms in total. The first-order chi connectivity index (χ1) is 13.9. The summed E-state index contributed by atoms with van der Waals surface area (Å²) in [6.07, 6.45) is -2.60. The molecule has 158 valence electrons. The summed E-state index contributed by atoms with van der Waals surface area (Å²) in [6, 6.07) is 8.72. The van der Waals surface area contributed by atoms with E-state index in [0.717, 1.165) is 24.6 Å². The van der Waals surface area contributed by atoms with Crippen LogP contribution in [-0.4, -0.2) is 30.6 Å². The van der Waals surface area contributed by atoms with Crippen molar-refractivity contribution in [1.29, 1.82) is 0 Å². The highest BCUT2D eigenvalue weighted by molar-refractivity contribution is 7.90. The zero-order valence-electron chi connectivity index (χ0n) is 15.2.